The molecule has 20 heavy (non-hydrogen) atoms. The number of hydrogen-bond donors (Lipinski definition) is 2. The van der Waals surface area contributed by atoms with Crippen LogP contribution in [-0.4, -0.2) is 50.5 Å². The lowest BCUT2D eigenvalue weighted by Crippen LogP contribution is -2.43. The quantitative estimate of drug-likeness (QED) is 0.891. The third-order valence-electron chi connectivity index (χ3n) is 4.10. The fourth-order valence-electron chi connectivity index (χ4n) is 2.90. The van der Waals surface area contributed by atoms with Gasteiger partial charge in [0.1, 0.15) is 11.8 Å². The Morgan fingerprint density at radius 1 is 1.45 bits per heavy atom. The lowest BCUT2D eigenvalue weighted by atomic mass is 9.99. The van der Waals surface area contributed by atoms with Crippen LogP contribution in [0.3, 0.4) is 0 Å². The van der Waals surface area contributed by atoms with Crippen molar-refractivity contribution in [1.29, 1.82) is 0 Å². The van der Waals surface area contributed by atoms with E-state index in [1.165, 1.54) is 25.9 Å². The summed E-state index contributed by atoms with van der Waals surface area (Å²) < 4.78 is 0. The molecule has 6 heteroatoms. The average Bonchev–Trinajstić information content (AvgIpc) is 2.93. The molecule has 2 aromatic heterocycles. The Balaban J connectivity index is 1.62. The summed E-state index contributed by atoms with van der Waals surface area (Å²) in [4.78, 5) is 18.2. The summed E-state index contributed by atoms with van der Waals surface area (Å²) in [7, 11) is 0. The van der Waals surface area contributed by atoms with Crippen molar-refractivity contribution in [2.45, 2.75) is 32.7 Å². The third kappa shape index (κ3) is 2.75. The van der Waals surface area contributed by atoms with Gasteiger partial charge in [0.15, 0.2) is 11.5 Å². The van der Waals surface area contributed by atoms with Crippen molar-refractivity contribution in [3.8, 4) is 0 Å². The van der Waals surface area contributed by atoms with E-state index in [0.29, 0.717) is 11.7 Å². The molecule has 0 amide bonds. The Hall–Kier alpha value is -1.69. The van der Waals surface area contributed by atoms with E-state index in [1.54, 1.807) is 12.7 Å². The third-order valence-corrected chi connectivity index (χ3v) is 4.10. The summed E-state index contributed by atoms with van der Waals surface area (Å²) in [6, 6.07) is 0.505. The topological polar surface area (TPSA) is 69.7 Å². The smallest absolute Gasteiger partial charge is 0.182 e. The van der Waals surface area contributed by atoms with Gasteiger partial charge in [0, 0.05) is 19.1 Å². The van der Waals surface area contributed by atoms with E-state index < -0.39 is 0 Å². The molecule has 0 spiro atoms. The highest BCUT2D eigenvalue weighted by Crippen LogP contribution is 2.19. The Morgan fingerprint density at radius 3 is 3.20 bits per heavy atom. The minimum absolute atomic E-state index is 0.505. The highest BCUT2D eigenvalue weighted by atomic mass is 15.2. The van der Waals surface area contributed by atoms with Crippen molar-refractivity contribution in [1.82, 2.24) is 24.8 Å². The summed E-state index contributed by atoms with van der Waals surface area (Å²) in [5.41, 5.74) is 1.59. The zero-order chi connectivity index (χ0) is 13.9. The van der Waals surface area contributed by atoms with Gasteiger partial charge in [0.25, 0.3) is 0 Å². The Labute approximate surface area is 119 Å². The number of hydrogen-bond acceptors (Lipinski definition) is 5. The van der Waals surface area contributed by atoms with Crippen LogP contribution in [0, 0.1) is 5.92 Å². The van der Waals surface area contributed by atoms with Crippen LogP contribution in [0.4, 0.5) is 5.82 Å². The zero-order valence-corrected chi connectivity index (χ0v) is 12.1. The van der Waals surface area contributed by atoms with Gasteiger partial charge in [-0.05, 0) is 32.2 Å². The highest BCUT2D eigenvalue weighted by molar-refractivity contribution is 5.81. The van der Waals surface area contributed by atoms with Gasteiger partial charge in [-0.1, -0.05) is 6.92 Å². The molecule has 0 bridgehead atoms. The molecule has 3 heterocycles. The second-order valence-electron chi connectivity index (χ2n) is 5.80. The van der Waals surface area contributed by atoms with Crippen LogP contribution in [0.15, 0.2) is 12.7 Å². The largest absolute Gasteiger partial charge is 0.367 e. The van der Waals surface area contributed by atoms with Crippen molar-refractivity contribution < 1.29 is 0 Å². The first-order valence-corrected chi connectivity index (χ1v) is 7.36. The van der Waals surface area contributed by atoms with Gasteiger partial charge in [0.2, 0.25) is 0 Å². The maximum absolute atomic E-state index is 4.30. The standard InChI is InChI=1S/C14H22N6/c1-10-4-3-5-20(7-10)11(2)6-15-13-12-14(17-8-16-12)19-9-18-13/h8-11H,3-7H2,1-2H3,(H2,15,16,17,18,19)/t10-,11-/m1/s1. The predicted octanol–water partition coefficient (Wildman–Crippen LogP) is 1.89. The molecule has 0 radical (unpaired) electrons. The minimum atomic E-state index is 0.505. The van der Waals surface area contributed by atoms with Gasteiger partial charge in [-0.3, -0.25) is 4.90 Å². The van der Waals surface area contributed by atoms with Gasteiger partial charge in [-0.25, -0.2) is 15.0 Å². The molecule has 2 atom stereocenters. The number of imidazole rings is 1. The second-order valence-corrected chi connectivity index (χ2v) is 5.80. The fraction of sp³-hybridized carbons (Fsp3) is 0.643. The molecule has 0 saturated carbocycles. The molecule has 0 aromatic carbocycles. The number of aromatic amines is 1. The van der Waals surface area contributed by atoms with Crippen LogP contribution in [0.25, 0.3) is 11.2 Å². The van der Waals surface area contributed by atoms with Crippen LogP contribution in [0.2, 0.25) is 0 Å². The molecule has 2 aromatic rings. The molecule has 3 rings (SSSR count). The second kappa shape index (κ2) is 5.75. The number of piperidine rings is 1. The summed E-state index contributed by atoms with van der Waals surface area (Å²) in [5.74, 6) is 1.65. The van der Waals surface area contributed by atoms with E-state index >= 15 is 0 Å². The van der Waals surface area contributed by atoms with E-state index in [4.69, 9.17) is 0 Å². The summed E-state index contributed by atoms with van der Waals surface area (Å²) in [6.07, 6.45) is 5.88. The minimum Gasteiger partial charge on any atom is -0.367 e. The number of nitrogens with zero attached hydrogens (tertiary/aromatic N) is 4. The Bertz CT molecular complexity index is 566. The first-order valence-electron chi connectivity index (χ1n) is 7.36. The summed E-state index contributed by atoms with van der Waals surface area (Å²) >= 11 is 0. The number of aromatic nitrogens is 4. The monoisotopic (exact) mass is 274 g/mol. The number of H-pyrrole nitrogens is 1. The van der Waals surface area contributed by atoms with Crippen molar-refractivity contribution in [2.75, 3.05) is 25.0 Å². The van der Waals surface area contributed by atoms with E-state index in [2.05, 4.69) is 44.0 Å². The number of fused-ring (bicyclic) bond motifs is 1. The average molecular weight is 274 g/mol. The van der Waals surface area contributed by atoms with E-state index in [9.17, 15) is 0 Å². The lowest BCUT2D eigenvalue weighted by molar-refractivity contribution is 0.144. The Kier molecular flexibility index (Phi) is 3.82. The fourth-order valence-corrected chi connectivity index (χ4v) is 2.90. The van der Waals surface area contributed by atoms with E-state index in [1.807, 2.05) is 0 Å². The molecule has 1 saturated heterocycles. The molecule has 1 aliphatic rings. The summed E-state index contributed by atoms with van der Waals surface area (Å²) in [6.45, 7) is 7.90. The van der Waals surface area contributed by atoms with E-state index in [-0.39, 0.29) is 0 Å². The van der Waals surface area contributed by atoms with Crippen molar-refractivity contribution >= 4 is 17.0 Å². The zero-order valence-electron chi connectivity index (χ0n) is 12.1. The molecule has 6 nitrogen and oxygen atoms in total. The van der Waals surface area contributed by atoms with Crippen LogP contribution >= 0.6 is 0 Å². The number of anilines is 1. The first kappa shape index (κ1) is 13.3. The lowest BCUT2D eigenvalue weighted by Gasteiger charge is -2.35. The number of rotatable bonds is 4. The van der Waals surface area contributed by atoms with Gasteiger partial charge >= 0.3 is 0 Å². The van der Waals surface area contributed by atoms with Crippen LogP contribution in [0.5, 0.6) is 0 Å². The van der Waals surface area contributed by atoms with Gasteiger partial charge < -0.3 is 10.3 Å². The molecule has 2 N–H and O–H groups in total. The molecular weight excluding hydrogens is 252 g/mol. The molecule has 1 aliphatic heterocycles. The SMILES string of the molecule is C[C@@H]1CCCN([C@H](C)CNc2ncnc3nc[nH]c23)C1. The molecule has 1 fully saturated rings. The van der Waals surface area contributed by atoms with Crippen LogP contribution in [-0.2, 0) is 0 Å². The van der Waals surface area contributed by atoms with Crippen molar-refractivity contribution in [3.05, 3.63) is 12.7 Å². The maximum Gasteiger partial charge on any atom is 0.182 e. The number of nitrogens with one attached hydrogen (secondary N) is 2. The maximum atomic E-state index is 4.30. The van der Waals surface area contributed by atoms with Crippen LogP contribution < -0.4 is 5.32 Å². The van der Waals surface area contributed by atoms with Crippen LogP contribution in [0.1, 0.15) is 26.7 Å². The first-order chi connectivity index (χ1) is 9.74. The number of likely N-dealkylation sites (tertiary alicyclic amines) is 1. The molecule has 0 aliphatic carbocycles. The molecule has 0 unspecified atom stereocenters. The molecular formula is C14H22N6. The van der Waals surface area contributed by atoms with Gasteiger partial charge in [-0.2, -0.15) is 0 Å². The van der Waals surface area contributed by atoms with E-state index in [0.717, 1.165) is 23.8 Å². The van der Waals surface area contributed by atoms with Crippen molar-refractivity contribution in [3.63, 3.8) is 0 Å². The van der Waals surface area contributed by atoms with Gasteiger partial charge in [-0.15, -0.1) is 0 Å². The van der Waals surface area contributed by atoms with Gasteiger partial charge in [0.05, 0.1) is 6.33 Å². The normalized spacial score (nSPS) is 22.0. The Morgan fingerprint density at radius 2 is 2.35 bits per heavy atom. The molecule has 108 valence electrons. The highest BCUT2D eigenvalue weighted by Gasteiger charge is 2.20. The predicted molar refractivity (Wildman–Crippen MR) is 79.6 cm³/mol. The summed E-state index contributed by atoms with van der Waals surface area (Å²) in [5, 5.41) is 3.42. The van der Waals surface area contributed by atoms with Crippen molar-refractivity contribution in [2.24, 2.45) is 5.92 Å².